The summed E-state index contributed by atoms with van der Waals surface area (Å²) in [6.45, 7) is 3.56. The molecule has 162 valence electrons. The van der Waals surface area contributed by atoms with Crippen molar-refractivity contribution >= 4 is 38.2 Å². The van der Waals surface area contributed by atoms with Crippen molar-refractivity contribution in [1.82, 2.24) is 4.31 Å². The fourth-order valence-electron chi connectivity index (χ4n) is 3.39. The Hall–Kier alpha value is -2.23. The number of amides is 1. The molecule has 0 bridgehead atoms. The normalized spacial score (nSPS) is 13.9. The van der Waals surface area contributed by atoms with Crippen LogP contribution < -0.4 is 5.32 Å². The van der Waals surface area contributed by atoms with Crippen LogP contribution in [0.15, 0.2) is 29.2 Å². The number of carbonyl (C=O) groups excluding carboxylic acids is 2. The number of anilines is 1. The summed E-state index contributed by atoms with van der Waals surface area (Å²) in [5.41, 5.74) is 1.56. The number of nitrogens with one attached hydrogen (secondary N) is 1. The van der Waals surface area contributed by atoms with Crippen LogP contribution in [0.2, 0.25) is 0 Å². The summed E-state index contributed by atoms with van der Waals surface area (Å²) < 4.78 is 31.7. The number of nitrogens with zero attached hydrogens (tertiary/aromatic N) is 1. The van der Waals surface area contributed by atoms with Gasteiger partial charge in [0.1, 0.15) is 5.00 Å². The van der Waals surface area contributed by atoms with Crippen molar-refractivity contribution in [3.63, 3.8) is 0 Å². The van der Waals surface area contributed by atoms with Crippen molar-refractivity contribution < 1.29 is 22.7 Å². The Labute approximate surface area is 181 Å². The van der Waals surface area contributed by atoms with Gasteiger partial charge in [-0.15, -0.1) is 11.3 Å². The lowest BCUT2D eigenvalue weighted by atomic mass is 9.95. The molecule has 0 aliphatic heterocycles. The minimum Gasteiger partial charge on any atom is -0.465 e. The SMILES string of the molecule is COC(=O)c1c(NC(=O)c2cccc(S(=O)(=O)N(C)C(C)C)c2)sc2c1CCCC2. The van der Waals surface area contributed by atoms with Crippen LogP contribution in [-0.4, -0.2) is 44.8 Å². The Morgan fingerprint density at radius 2 is 1.90 bits per heavy atom. The molecule has 1 aliphatic carbocycles. The number of esters is 1. The van der Waals surface area contributed by atoms with Gasteiger partial charge in [-0.25, -0.2) is 13.2 Å². The highest BCUT2D eigenvalue weighted by Gasteiger charge is 2.28. The number of hydrogen-bond acceptors (Lipinski definition) is 6. The van der Waals surface area contributed by atoms with Crippen molar-refractivity contribution in [2.24, 2.45) is 0 Å². The number of ether oxygens (including phenoxy) is 1. The van der Waals surface area contributed by atoms with Crippen molar-refractivity contribution in [1.29, 1.82) is 0 Å². The van der Waals surface area contributed by atoms with E-state index in [-0.39, 0.29) is 16.5 Å². The molecule has 0 atom stereocenters. The first-order chi connectivity index (χ1) is 14.2. The van der Waals surface area contributed by atoms with Crippen molar-refractivity contribution in [2.45, 2.75) is 50.5 Å². The number of hydrogen-bond donors (Lipinski definition) is 1. The van der Waals surface area contributed by atoms with E-state index in [0.717, 1.165) is 36.1 Å². The monoisotopic (exact) mass is 450 g/mol. The number of rotatable bonds is 6. The molecule has 9 heteroatoms. The topological polar surface area (TPSA) is 92.8 Å². The molecule has 0 unspecified atom stereocenters. The van der Waals surface area contributed by atoms with E-state index in [2.05, 4.69) is 5.32 Å². The highest BCUT2D eigenvalue weighted by Crippen LogP contribution is 2.38. The first-order valence-electron chi connectivity index (χ1n) is 9.79. The Bertz CT molecular complexity index is 1070. The molecular formula is C21H26N2O5S2. The lowest BCUT2D eigenvalue weighted by molar-refractivity contribution is 0.0601. The molecule has 1 heterocycles. The number of methoxy groups -OCH3 is 1. The maximum Gasteiger partial charge on any atom is 0.341 e. The zero-order valence-electron chi connectivity index (χ0n) is 17.5. The average Bonchev–Trinajstić information content (AvgIpc) is 3.10. The highest BCUT2D eigenvalue weighted by molar-refractivity contribution is 7.89. The van der Waals surface area contributed by atoms with Crippen molar-refractivity contribution in [3.05, 3.63) is 45.8 Å². The van der Waals surface area contributed by atoms with E-state index in [0.29, 0.717) is 10.6 Å². The van der Waals surface area contributed by atoms with E-state index < -0.39 is 21.9 Å². The van der Waals surface area contributed by atoms with Crippen LogP contribution in [0.1, 0.15) is 57.8 Å². The van der Waals surface area contributed by atoms with E-state index in [9.17, 15) is 18.0 Å². The van der Waals surface area contributed by atoms with E-state index >= 15 is 0 Å². The van der Waals surface area contributed by atoms with E-state index in [4.69, 9.17) is 4.74 Å². The molecule has 2 aromatic rings. The number of thiophene rings is 1. The van der Waals surface area contributed by atoms with Gasteiger partial charge < -0.3 is 10.1 Å². The zero-order chi connectivity index (χ0) is 22.1. The second-order valence-corrected chi connectivity index (χ2v) is 10.6. The number of carbonyl (C=O) groups is 2. The molecule has 1 aromatic heterocycles. The zero-order valence-corrected chi connectivity index (χ0v) is 19.2. The largest absolute Gasteiger partial charge is 0.465 e. The van der Waals surface area contributed by atoms with Gasteiger partial charge in [-0.05, 0) is 63.3 Å². The molecular weight excluding hydrogens is 424 g/mol. The molecule has 30 heavy (non-hydrogen) atoms. The number of benzene rings is 1. The summed E-state index contributed by atoms with van der Waals surface area (Å²) in [4.78, 5) is 26.4. The molecule has 3 rings (SSSR count). The van der Waals surface area contributed by atoms with Gasteiger partial charge in [0.15, 0.2) is 0 Å². The van der Waals surface area contributed by atoms with Crippen LogP contribution in [0, 0.1) is 0 Å². The van der Waals surface area contributed by atoms with Gasteiger partial charge in [0.2, 0.25) is 10.0 Å². The molecule has 0 fully saturated rings. The molecule has 1 aliphatic rings. The summed E-state index contributed by atoms with van der Waals surface area (Å²) in [6, 6.07) is 5.70. The van der Waals surface area contributed by atoms with E-state index in [1.54, 1.807) is 19.9 Å². The van der Waals surface area contributed by atoms with Crippen LogP contribution in [0.3, 0.4) is 0 Å². The van der Waals surface area contributed by atoms with Gasteiger partial charge in [0.05, 0.1) is 17.6 Å². The van der Waals surface area contributed by atoms with Gasteiger partial charge in [-0.3, -0.25) is 4.79 Å². The second-order valence-electron chi connectivity index (χ2n) is 7.50. The molecule has 0 radical (unpaired) electrons. The van der Waals surface area contributed by atoms with E-state index in [1.807, 2.05) is 0 Å². The Balaban J connectivity index is 1.93. The van der Waals surface area contributed by atoms with Crippen LogP contribution in [-0.2, 0) is 27.6 Å². The number of fused-ring (bicyclic) bond motifs is 1. The van der Waals surface area contributed by atoms with Crippen molar-refractivity contribution in [3.8, 4) is 0 Å². The Morgan fingerprint density at radius 1 is 1.20 bits per heavy atom. The number of sulfonamides is 1. The van der Waals surface area contributed by atoms with E-state index in [1.165, 1.54) is 48.0 Å². The Morgan fingerprint density at radius 3 is 2.57 bits per heavy atom. The minimum atomic E-state index is -3.71. The lowest BCUT2D eigenvalue weighted by Gasteiger charge is -2.21. The maximum atomic E-state index is 12.9. The molecule has 0 saturated heterocycles. The smallest absolute Gasteiger partial charge is 0.341 e. The molecule has 1 amide bonds. The van der Waals surface area contributed by atoms with Crippen LogP contribution in [0.5, 0.6) is 0 Å². The molecule has 1 aromatic carbocycles. The fourth-order valence-corrected chi connectivity index (χ4v) is 6.08. The third kappa shape index (κ3) is 4.28. The third-order valence-corrected chi connectivity index (χ3v) is 8.53. The standard InChI is InChI=1S/C21H26N2O5S2/c1-13(2)23(3)30(26,27)15-9-7-8-14(12-15)19(24)22-20-18(21(25)28-4)16-10-5-6-11-17(16)29-20/h7-9,12-13H,5-6,10-11H2,1-4H3,(H,22,24). The predicted molar refractivity (Wildman–Crippen MR) is 117 cm³/mol. The van der Waals surface area contributed by atoms with Gasteiger partial charge in [0, 0.05) is 23.5 Å². The van der Waals surface area contributed by atoms with Gasteiger partial charge >= 0.3 is 5.97 Å². The molecule has 1 N–H and O–H groups in total. The third-order valence-electron chi connectivity index (χ3n) is 5.29. The van der Waals surface area contributed by atoms with Crippen LogP contribution in [0.25, 0.3) is 0 Å². The highest BCUT2D eigenvalue weighted by atomic mass is 32.2. The minimum absolute atomic E-state index is 0.0463. The van der Waals surface area contributed by atoms with Gasteiger partial charge in [-0.2, -0.15) is 4.31 Å². The van der Waals surface area contributed by atoms with Crippen LogP contribution >= 0.6 is 11.3 Å². The quantitative estimate of drug-likeness (QED) is 0.678. The first kappa shape index (κ1) is 22.5. The summed E-state index contributed by atoms with van der Waals surface area (Å²) >= 11 is 1.39. The maximum absolute atomic E-state index is 12.9. The van der Waals surface area contributed by atoms with Gasteiger partial charge in [-0.1, -0.05) is 6.07 Å². The van der Waals surface area contributed by atoms with Gasteiger partial charge in [0.25, 0.3) is 5.91 Å². The summed E-state index contributed by atoms with van der Waals surface area (Å²) in [5, 5.41) is 3.25. The average molecular weight is 451 g/mol. The second kappa shape index (κ2) is 8.87. The number of aryl methyl sites for hydroxylation is 1. The first-order valence-corrected chi connectivity index (χ1v) is 12.0. The molecule has 7 nitrogen and oxygen atoms in total. The fraction of sp³-hybridized carbons (Fsp3) is 0.429. The summed E-state index contributed by atoms with van der Waals surface area (Å²) in [7, 11) is -0.888. The summed E-state index contributed by atoms with van der Waals surface area (Å²) in [5.74, 6) is -0.942. The molecule has 0 saturated carbocycles. The van der Waals surface area contributed by atoms with Crippen molar-refractivity contribution in [2.75, 3.05) is 19.5 Å². The lowest BCUT2D eigenvalue weighted by Crippen LogP contribution is -2.33. The Kier molecular flexibility index (Phi) is 6.64. The van der Waals surface area contributed by atoms with Crippen LogP contribution in [0.4, 0.5) is 5.00 Å². The molecule has 0 spiro atoms. The summed E-state index contributed by atoms with van der Waals surface area (Å²) in [6.07, 6.45) is 3.69. The predicted octanol–water partition coefficient (Wildman–Crippen LogP) is 3.69.